The van der Waals surface area contributed by atoms with Crippen molar-refractivity contribution in [2.24, 2.45) is 0 Å². The Labute approximate surface area is 99.1 Å². The Bertz CT molecular complexity index is 534. The molecule has 0 aliphatic carbocycles. The molecule has 0 aliphatic rings. The summed E-state index contributed by atoms with van der Waals surface area (Å²) in [4.78, 5) is 16.1. The normalized spacial score (nSPS) is 10.2. The number of aromatic nitrogens is 1. The number of ketones is 1. The molecule has 0 atom stereocenters. The second kappa shape index (κ2) is 4.87. The Morgan fingerprint density at radius 3 is 2.59 bits per heavy atom. The van der Waals surface area contributed by atoms with Crippen LogP contribution in [0.4, 0.5) is 4.39 Å². The monoisotopic (exact) mass is 229 g/mol. The van der Waals surface area contributed by atoms with Gasteiger partial charge in [0.25, 0.3) is 0 Å². The maximum atomic E-state index is 12.7. The van der Waals surface area contributed by atoms with Gasteiger partial charge in [0, 0.05) is 23.9 Å². The summed E-state index contributed by atoms with van der Waals surface area (Å²) in [5, 5.41) is 0. The van der Waals surface area contributed by atoms with Crippen molar-refractivity contribution in [3.63, 3.8) is 0 Å². The molecule has 0 bridgehead atoms. The van der Waals surface area contributed by atoms with E-state index < -0.39 is 0 Å². The van der Waals surface area contributed by atoms with Crippen LogP contribution in [0.3, 0.4) is 0 Å². The minimum absolute atomic E-state index is 0.00204. The zero-order valence-electron chi connectivity index (χ0n) is 9.48. The SMILES string of the molecule is Cc1ncccc1C(=O)Cc1ccc(F)cc1. The third kappa shape index (κ3) is 2.75. The zero-order valence-corrected chi connectivity index (χ0v) is 9.48. The van der Waals surface area contributed by atoms with Gasteiger partial charge < -0.3 is 0 Å². The molecule has 2 aromatic rings. The molecule has 2 rings (SSSR count). The van der Waals surface area contributed by atoms with Crippen molar-refractivity contribution >= 4 is 5.78 Å². The smallest absolute Gasteiger partial charge is 0.169 e. The van der Waals surface area contributed by atoms with E-state index in [1.54, 1.807) is 37.4 Å². The number of carbonyl (C=O) groups is 1. The molecule has 0 N–H and O–H groups in total. The van der Waals surface area contributed by atoms with Gasteiger partial charge in [0.2, 0.25) is 0 Å². The van der Waals surface area contributed by atoms with Crippen LogP contribution in [-0.2, 0) is 6.42 Å². The van der Waals surface area contributed by atoms with Crippen LogP contribution < -0.4 is 0 Å². The lowest BCUT2D eigenvalue weighted by Crippen LogP contribution is -2.06. The Kier molecular flexibility index (Phi) is 3.28. The van der Waals surface area contributed by atoms with Gasteiger partial charge in [0.05, 0.1) is 0 Å². The molecule has 1 aromatic heterocycles. The number of carbonyl (C=O) groups excluding carboxylic acids is 1. The molecular weight excluding hydrogens is 217 g/mol. The highest BCUT2D eigenvalue weighted by Crippen LogP contribution is 2.10. The highest BCUT2D eigenvalue weighted by molar-refractivity contribution is 5.98. The molecule has 2 nitrogen and oxygen atoms in total. The maximum absolute atomic E-state index is 12.7. The highest BCUT2D eigenvalue weighted by atomic mass is 19.1. The van der Waals surface area contributed by atoms with Crippen molar-refractivity contribution in [1.82, 2.24) is 4.98 Å². The molecule has 0 spiro atoms. The number of hydrogen-bond acceptors (Lipinski definition) is 2. The summed E-state index contributed by atoms with van der Waals surface area (Å²) in [7, 11) is 0. The van der Waals surface area contributed by atoms with Crippen LogP contribution in [-0.4, -0.2) is 10.8 Å². The molecule has 0 amide bonds. The molecular formula is C14H12FNO. The van der Waals surface area contributed by atoms with Gasteiger partial charge in [-0.2, -0.15) is 0 Å². The van der Waals surface area contributed by atoms with Crippen LogP contribution in [0, 0.1) is 12.7 Å². The van der Waals surface area contributed by atoms with Gasteiger partial charge in [0.1, 0.15) is 5.82 Å². The number of Topliss-reactive ketones (excluding diaryl/α,β-unsaturated/α-hetero) is 1. The predicted molar refractivity (Wildman–Crippen MR) is 63.4 cm³/mol. The van der Waals surface area contributed by atoms with Crippen LogP contribution >= 0.6 is 0 Å². The average Bonchev–Trinajstić information content (AvgIpc) is 2.32. The van der Waals surface area contributed by atoms with E-state index in [1.165, 1.54) is 12.1 Å². The van der Waals surface area contributed by atoms with E-state index >= 15 is 0 Å². The first-order valence-electron chi connectivity index (χ1n) is 5.36. The molecule has 0 unspecified atom stereocenters. The predicted octanol–water partition coefficient (Wildman–Crippen LogP) is 2.95. The summed E-state index contributed by atoms with van der Waals surface area (Å²) in [6.07, 6.45) is 1.93. The van der Waals surface area contributed by atoms with E-state index in [0.29, 0.717) is 5.56 Å². The van der Waals surface area contributed by atoms with E-state index in [1.807, 2.05) is 0 Å². The van der Waals surface area contributed by atoms with Crippen molar-refractivity contribution in [3.8, 4) is 0 Å². The first kappa shape index (κ1) is 11.5. The lowest BCUT2D eigenvalue weighted by molar-refractivity contribution is 0.0992. The van der Waals surface area contributed by atoms with E-state index in [0.717, 1.165) is 11.3 Å². The number of pyridine rings is 1. The quantitative estimate of drug-likeness (QED) is 0.757. The number of rotatable bonds is 3. The van der Waals surface area contributed by atoms with Gasteiger partial charge in [0.15, 0.2) is 5.78 Å². The highest BCUT2D eigenvalue weighted by Gasteiger charge is 2.09. The molecule has 0 radical (unpaired) electrons. The molecule has 1 heterocycles. The van der Waals surface area contributed by atoms with E-state index in [9.17, 15) is 9.18 Å². The lowest BCUT2D eigenvalue weighted by atomic mass is 10.0. The van der Waals surface area contributed by atoms with Crippen LogP contribution in [0.2, 0.25) is 0 Å². The van der Waals surface area contributed by atoms with Crippen LogP contribution in [0.25, 0.3) is 0 Å². The number of hydrogen-bond donors (Lipinski definition) is 0. The largest absolute Gasteiger partial charge is 0.294 e. The summed E-state index contributed by atoms with van der Waals surface area (Å²) in [5.74, 6) is -0.291. The van der Waals surface area contributed by atoms with E-state index in [2.05, 4.69) is 4.98 Å². The Morgan fingerprint density at radius 1 is 1.24 bits per heavy atom. The van der Waals surface area contributed by atoms with Crippen molar-refractivity contribution in [2.75, 3.05) is 0 Å². The summed E-state index contributed by atoms with van der Waals surface area (Å²) in [6, 6.07) is 9.47. The average molecular weight is 229 g/mol. The minimum atomic E-state index is -0.293. The van der Waals surface area contributed by atoms with Gasteiger partial charge >= 0.3 is 0 Å². The molecule has 0 aliphatic heterocycles. The summed E-state index contributed by atoms with van der Waals surface area (Å²) < 4.78 is 12.7. The molecule has 3 heteroatoms. The van der Waals surface area contributed by atoms with Gasteiger partial charge in [-0.15, -0.1) is 0 Å². The third-order valence-electron chi connectivity index (χ3n) is 2.59. The second-order valence-electron chi connectivity index (χ2n) is 3.86. The fourth-order valence-electron chi connectivity index (χ4n) is 1.66. The van der Waals surface area contributed by atoms with Gasteiger partial charge in [-0.05, 0) is 36.8 Å². The summed E-state index contributed by atoms with van der Waals surface area (Å²) >= 11 is 0. The van der Waals surface area contributed by atoms with Crippen molar-refractivity contribution in [2.45, 2.75) is 13.3 Å². The summed E-state index contributed by atoms with van der Waals surface area (Å²) in [5.41, 5.74) is 2.15. The lowest BCUT2D eigenvalue weighted by Gasteiger charge is -2.03. The molecule has 0 fully saturated rings. The maximum Gasteiger partial charge on any atom is 0.169 e. The number of aryl methyl sites for hydroxylation is 1. The molecule has 17 heavy (non-hydrogen) atoms. The number of halogens is 1. The van der Waals surface area contributed by atoms with Crippen LogP contribution in [0.15, 0.2) is 42.6 Å². The summed E-state index contributed by atoms with van der Waals surface area (Å²) in [6.45, 7) is 1.80. The van der Waals surface area contributed by atoms with Gasteiger partial charge in [-0.1, -0.05) is 12.1 Å². The Balaban J connectivity index is 2.17. The number of benzene rings is 1. The molecule has 0 saturated carbocycles. The van der Waals surface area contributed by atoms with Gasteiger partial charge in [-0.25, -0.2) is 4.39 Å². The van der Waals surface area contributed by atoms with E-state index in [4.69, 9.17) is 0 Å². The van der Waals surface area contributed by atoms with Crippen molar-refractivity contribution in [3.05, 3.63) is 65.2 Å². The fourth-order valence-corrected chi connectivity index (χ4v) is 1.66. The van der Waals surface area contributed by atoms with E-state index in [-0.39, 0.29) is 18.0 Å². The number of nitrogens with zero attached hydrogens (tertiary/aromatic N) is 1. The topological polar surface area (TPSA) is 30.0 Å². The third-order valence-corrected chi connectivity index (χ3v) is 2.59. The molecule has 1 aromatic carbocycles. The first-order valence-corrected chi connectivity index (χ1v) is 5.36. The van der Waals surface area contributed by atoms with Crippen LogP contribution in [0.1, 0.15) is 21.6 Å². The molecule has 86 valence electrons. The first-order chi connectivity index (χ1) is 8.16. The zero-order chi connectivity index (χ0) is 12.3. The molecule has 0 saturated heterocycles. The standard InChI is InChI=1S/C14H12FNO/c1-10-13(3-2-8-16-10)14(17)9-11-4-6-12(15)7-5-11/h2-8H,9H2,1H3. The fraction of sp³-hybridized carbons (Fsp3) is 0.143. The van der Waals surface area contributed by atoms with Crippen LogP contribution in [0.5, 0.6) is 0 Å². The van der Waals surface area contributed by atoms with Gasteiger partial charge in [-0.3, -0.25) is 9.78 Å². The Morgan fingerprint density at radius 2 is 1.94 bits per heavy atom. The van der Waals surface area contributed by atoms with Crippen molar-refractivity contribution < 1.29 is 9.18 Å². The second-order valence-corrected chi connectivity index (χ2v) is 3.86. The van der Waals surface area contributed by atoms with Crippen molar-refractivity contribution in [1.29, 1.82) is 0 Å². The minimum Gasteiger partial charge on any atom is -0.294 e. The Hall–Kier alpha value is -2.03.